The van der Waals surface area contributed by atoms with Crippen molar-refractivity contribution in [2.24, 2.45) is 5.41 Å². The molecule has 3 aromatic carbocycles. The third-order valence-corrected chi connectivity index (χ3v) is 6.16. The van der Waals surface area contributed by atoms with Gasteiger partial charge in [-0.15, -0.1) is 0 Å². The van der Waals surface area contributed by atoms with Gasteiger partial charge in [0.05, 0.1) is 24.6 Å². The molecule has 0 unspecified atom stereocenters. The number of amides is 1. The minimum atomic E-state index is -0.533. The molecule has 0 atom stereocenters. The van der Waals surface area contributed by atoms with Gasteiger partial charge in [-0.05, 0) is 41.8 Å². The van der Waals surface area contributed by atoms with Crippen molar-refractivity contribution in [3.8, 4) is 16.9 Å². The van der Waals surface area contributed by atoms with Crippen molar-refractivity contribution in [3.63, 3.8) is 0 Å². The van der Waals surface area contributed by atoms with Crippen molar-refractivity contribution in [1.82, 2.24) is 9.55 Å². The molecule has 4 aromatic rings. The van der Waals surface area contributed by atoms with E-state index in [1.54, 1.807) is 29.9 Å². The Bertz CT molecular complexity index is 1450. The normalized spacial score (nSPS) is 11.5. The lowest BCUT2D eigenvalue weighted by atomic mass is 9.95. The average molecular weight is 484 g/mol. The van der Waals surface area contributed by atoms with E-state index >= 15 is 0 Å². The van der Waals surface area contributed by atoms with E-state index in [-0.39, 0.29) is 11.5 Å². The van der Waals surface area contributed by atoms with Crippen LogP contribution in [0.2, 0.25) is 0 Å². The highest BCUT2D eigenvalue weighted by Crippen LogP contribution is 2.29. The maximum atomic E-state index is 13.6. The van der Waals surface area contributed by atoms with Crippen LogP contribution in [0.3, 0.4) is 0 Å². The summed E-state index contributed by atoms with van der Waals surface area (Å²) in [6.45, 7) is 8.06. The maximum Gasteiger partial charge on any atom is 0.261 e. The predicted octanol–water partition coefficient (Wildman–Crippen LogP) is 6.06. The monoisotopic (exact) mass is 483 g/mol. The van der Waals surface area contributed by atoms with Gasteiger partial charge in [0.2, 0.25) is 5.91 Å². The molecule has 1 heterocycles. The molecule has 0 aliphatic heterocycles. The molecule has 6 heteroatoms. The van der Waals surface area contributed by atoms with Gasteiger partial charge < -0.3 is 10.1 Å². The number of para-hydroxylation sites is 1. The Balaban J connectivity index is 1.70. The van der Waals surface area contributed by atoms with Gasteiger partial charge in [0.15, 0.2) is 0 Å². The molecule has 0 fully saturated rings. The predicted molar refractivity (Wildman–Crippen MR) is 146 cm³/mol. The van der Waals surface area contributed by atoms with Crippen molar-refractivity contribution in [2.45, 2.75) is 47.1 Å². The molecule has 4 rings (SSSR count). The summed E-state index contributed by atoms with van der Waals surface area (Å²) >= 11 is 0. The molecular formula is C30H33N3O3. The number of hydrogen-bond acceptors (Lipinski definition) is 4. The highest BCUT2D eigenvalue weighted by Gasteiger charge is 2.21. The Morgan fingerprint density at radius 2 is 1.75 bits per heavy atom. The summed E-state index contributed by atoms with van der Waals surface area (Å²) in [6, 6.07) is 21.4. The largest absolute Gasteiger partial charge is 0.496 e. The number of methoxy groups -OCH3 is 1. The SMILES string of the molecule is CCCc1nc2ccc(NC(=O)C(C)(C)C)cc2c(=O)n1Cc1ccc(-c2ccccc2OC)cc1. The Kier molecular flexibility index (Phi) is 7.25. The number of rotatable bonds is 7. The van der Waals surface area contributed by atoms with E-state index in [1.807, 2.05) is 69.3 Å². The number of carbonyl (C=O) groups excluding carboxylic acids is 1. The molecule has 0 aliphatic carbocycles. The van der Waals surface area contributed by atoms with E-state index < -0.39 is 5.41 Å². The third-order valence-electron chi connectivity index (χ3n) is 6.16. The van der Waals surface area contributed by atoms with Crippen LogP contribution >= 0.6 is 0 Å². The number of nitrogens with one attached hydrogen (secondary N) is 1. The minimum Gasteiger partial charge on any atom is -0.496 e. The number of nitrogens with zero attached hydrogens (tertiary/aromatic N) is 2. The summed E-state index contributed by atoms with van der Waals surface area (Å²) < 4.78 is 7.25. The Morgan fingerprint density at radius 3 is 2.42 bits per heavy atom. The summed E-state index contributed by atoms with van der Waals surface area (Å²) in [5, 5.41) is 3.41. The van der Waals surface area contributed by atoms with Gasteiger partial charge in [-0.3, -0.25) is 14.2 Å². The van der Waals surface area contributed by atoms with Gasteiger partial charge in [0.1, 0.15) is 11.6 Å². The molecule has 36 heavy (non-hydrogen) atoms. The number of fused-ring (bicyclic) bond motifs is 1. The van der Waals surface area contributed by atoms with Crippen LogP contribution in [0.4, 0.5) is 5.69 Å². The Morgan fingerprint density at radius 1 is 1.03 bits per heavy atom. The van der Waals surface area contributed by atoms with Crippen molar-refractivity contribution in [3.05, 3.63) is 88.5 Å². The van der Waals surface area contributed by atoms with Crippen LogP contribution in [-0.2, 0) is 17.8 Å². The van der Waals surface area contributed by atoms with Crippen LogP contribution in [0.25, 0.3) is 22.0 Å². The van der Waals surface area contributed by atoms with E-state index in [9.17, 15) is 9.59 Å². The molecule has 0 saturated carbocycles. The second kappa shape index (κ2) is 10.4. The fourth-order valence-electron chi connectivity index (χ4n) is 4.10. The summed E-state index contributed by atoms with van der Waals surface area (Å²) in [4.78, 5) is 30.9. The van der Waals surface area contributed by atoms with Gasteiger partial charge in [-0.1, -0.05) is 70.2 Å². The average Bonchev–Trinajstić information content (AvgIpc) is 2.86. The molecule has 186 valence electrons. The van der Waals surface area contributed by atoms with Crippen LogP contribution in [0, 0.1) is 5.41 Å². The van der Waals surface area contributed by atoms with Crippen LogP contribution in [0.5, 0.6) is 5.75 Å². The van der Waals surface area contributed by atoms with Crippen LogP contribution < -0.4 is 15.6 Å². The second-order valence-corrected chi connectivity index (χ2v) is 10.0. The third kappa shape index (κ3) is 5.33. The number of aryl methyl sites for hydroxylation is 1. The smallest absolute Gasteiger partial charge is 0.261 e. The first kappa shape index (κ1) is 25.2. The van der Waals surface area contributed by atoms with Crippen molar-refractivity contribution in [1.29, 1.82) is 0 Å². The summed E-state index contributed by atoms with van der Waals surface area (Å²) in [5.74, 6) is 1.47. The molecule has 0 radical (unpaired) electrons. The number of ether oxygens (including phenoxy) is 1. The van der Waals surface area contributed by atoms with Gasteiger partial charge in [-0.25, -0.2) is 4.98 Å². The molecule has 1 N–H and O–H groups in total. The van der Waals surface area contributed by atoms with Crippen molar-refractivity contribution < 1.29 is 9.53 Å². The first-order valence-electron chi connectivity index (χ1n) is 12.3. The number of hydrogen-bond donors (Lipinski definition) is 1. The molecule has 0 saturated heterocycles. The Hall–Kier alpha value is -3.93. The first-order chi connectivity index (χ1) is 17.2. The van der Waals surface area contributed by atoms with Crippen molar-refractivity contribution in [2.75, 3.05) is 12.4 Å². The molecular weight excluding hydrogens is 450 g/mol. The van der Waals surface area contributed by atoms with E-state index in [2.05, 4.69) is 12.2 Å². The minimum absolute atomic E-state index is 0.104. The summed E-state index contributed by atoms with van der Waals surface area (Å²) in [5.41, 5.74) is 3.67. The van der Waals surface area contributed by atoms with Crippen LogP contribution in [0.1, 0.15) is 45.5 Å². The lowest BCUT2D eigenvalue weighted by Gasteiger charge is -2.18. The zero-order valence-electron chi connectivity index (χ0n) is 21.6. The van der Waals surface area contributed by atoms with Gasteiger partial charge in [-0.2, -0.15) is 0 Å². The zero-order valence-corrected chi connectivity index (χ0v) is 21.6. The lowest BCUT2D eigenvalue weighted by Crippen LogP contribution is -2.28. The fourth-order valence-corrected chi connectivity index (χ4v) is 4.10. The molecule has 0 spiro atoms. The van der Waals surface area contributed by atoms with E-state index in [0.29, 0.717) is 29.6 Å². The molecule has 0 aliphatic rings. The number of carbonyl (C=O) groups is 1. The molecule has 1 amide bonds. The highest BCUT2D eigenvalue weighted by atomic mass is 16.5. The van der Waals surface area contributed by atoms with Gasteiger partial charge in [0.25, 0.3) is 5.56 Å². The standard InChI is InChI=1S/C30H33N3O3/c1-6-9-27-32-25-17-16-22(31-29(35)30(2,3)4)18-24(25)28(34)33(27)19-20-12-14-21(15-13-20)23-10-7-8-11-26(23)36-5/h7-8,10-18H,6,9,19H2,1-5H3,(H,31,35). The lowest BCUT2D eigenvalue weighted by molar-refractivity contribution is -0.123. The van der Waals surface area contributed by atoms with Crippen molar-refractivity contribution >= 4 is 22.5 Å². The fraction of sp³-hybridized carbons (Fsp3) is 0.300. The maximum absolute atomic E-state index is 13.6. The second-order valence-electron chi connectivity index (χ2n) is 10.0. The van der Waals surface area contributed by atoms with Crippen LogP contribution in [0.15, 0.2) is 71.5 Å². The van der Waals surface area contributed by atoms with Gasteiger partial charge in [0, 0.05) is 23.1 Å². The highest BCUT2D eigenvalue weighted by molar-refractivity contribution is 5.96. The van der Waals surface area contributed by atoms with E-state index in [1.165, 1.54) is 0 Å². The molecule has 1 aromatic heterocycles. The molecule has 6 nitrogen and oxygen atoms in total. The quantitative estimate of drug-likeness (QED) is 0.347. The first-order valence-corrected chi connectivity index (χ1v) is 12.3. The van der Waals surface area contributed by atoms with Crippen LogP contribution in [-0.4, -0.2) is 22.6 Å². The number of aromatic nitrogens is 2. The zero-order chi connectivity index (χ0) is 25.9. The van der Waals surface area contributed by atoms with Gasteiger partial charge >= 0.3 is 0 Å². The summed E-state index contributed by atoms with van der Waals surface area (Å²) in [6.07, 6.45) is 1.58. The summed E-state index contributed by atoms with van der Waals surface area (Å²) in [7, 11) is 1.67. The van der Waals surface area contributed by atoms with E-state index in [4.69, 9.17) is 9.72 Å². The number of benzene rings is 3. The topological polar surface area (TPSA) is 73.2 Å². The number of anilines is 1. The molecule has 0 bridgehead atoms. The Labute approximate surface area is 212 Å². The van der Waals surface area contributed by atoms with E-state index in [0.717, 1.165) is 34.7 Å².